The maximum atomic E-state index is 13.5. The standard InChI is InChI=1S/C9H3BrCl2FN/c10-5-1-2-14-9-4(5)3-6(11)7(12)8(9)13/h1-3H. The summed E-state index contributed by atoms with van der Waals surface area (Å²) < 4.78 is 14.3. The summed E-state index contributed by atoms with van der Waals surface area (Å²) in [5.41, 5.74) is 0.216. The van der Waals surface area contributed by atoms with Crippen LogP contribution in [0.2, 0.25) is 10.0 Å². The number of rotatable bonds is 0. The summed E-state index contributed by atoms with van der Waals surface area (Å²) in [6.07, 6.45) is 1.50. The first-order chi connectivity index (χ1) is 6.61. The highest BCUT2D eigenvalue weighted by atomic mass is 79.9. The first-order valence-corrected chi connectivity index (χ1v) is 5.24. The fourth-order valence-electron chi connectivity index (χ4n) is 1.16. The van der Waals surface area contributed by atoms with Crippen LogP contribution < -0.4 is 0 Å². The Hall–Kier alpha value is -0.380. The van der Waals surface area contributed by atoms with Gasteiger partial charge in [0.25, 0.3) is 0 Å². The summed E-state index contributed by atoms with van der Waals surface area (Å²) in [5, 5.41) is 0.703. The van der Waals surface area contributed by atoms with Gasteiger partial charge < -0.3 is 0 Å². The molecule has 0 radical (unpaired) electrons. The molecular formula is C9H3BrCl2FN. The maximum Gasteiger partial charge on any atom is 0.169 e. The van der Waals surface area contributed by atoms with Crippen molar-refractivity contribution in [2.75, 3.05) is 0 Å². The van der Waals surface area contributed by atoms with Crippen LogP contribution in [0.1, 0.15) is 0 Å². The van der Waals surface area contributed by atoms with Crippen LogP contribution in [0.5, 0.6) is 0 Å². The van der Waals surface area contributed by atoms with Gasteiger partial charge in [-0.05, 0) is 12.1 Å². The summed E-state index contributed by atoms with van der Waals surface area (Å²) in [7, 11) is 0. The van der Waals surface area contributed by atoms with Crippen LogP contribution >= 0.6 is 39.1 Å². The van der Waals surface area contributed by atoms with Gasteiger partial charge in [0.15, 0.2) is 5.82 Å². The zero-order valence-corrected chi connectivity index (χ0v) is 9.79. The summed E-state index contributed by atoms with van der Waals surface area (Å²) in [4.78, 5) is 3.90. The fraction of sp³-hybridized carbons (Fsp3) is 0. The first kappa shape index (κ1) is 10.1. The van der Waals surface area contributed by atoms with Crippen molar-refractivity contribution in [3.05, 3.63) is 38.7 Å². The molecule has 0 aliphatic carbocycles. The molecule has 72 valence electrons. The molecule has 0 atom stereocenters. The number of fused-ring (bicyclic) bond motifs is 1. The number of benzene rings is 1. The second-order valence-electron chi connectivity index (χ2n) is 2.68. The van der Waals surface area contributed by atoms with Crippen molar-refractivity contribution >= 4 is 50.0 Å². The van der Waals surface area contributed by atoms with Crippen LogP contribution in [0.25, 0.3) is 10.9 Å². The van der Waals surface area contributed by atoms with Gasteiger partial charge >= 0.3 is 0 Å². The average molecular weight is 295 g/mol. The normalized spacial score (nSPS) is 10.9. The molecule has 2 rings (SSSR count). The lowest BCUT2D eigenvalue weighted by atomic mass is 10.2. The summed E-state index contributed by atoms with van der Waals surface area (Å²) in [6, 6.07) is 3.30. The molecule has 2 aromatic rings. The Kier molecular flexibility index (Phi) is 2.64. The summed E-state index contributed by atoms with van der Waals surface area (Å²) in [5.74, 6) is -0.588. The quantitative estimate of drug-likeness (QED) is 0.655. The molecule has 0 saturated carbocycles. The highest BCUT2D eigenvalue weighted by molar-refractivity contribution is 9.10. The van der Waals surface area contributed by atoms with Gasteiger partial charge in [-0.3, -0.25) is 4.98 Å². The van der Waals surface area contributed by atoms with E-state index in [4.69, 9.17) is 23.2 Å². The van der Waals surface area contributed by atoms with Crippen LogP contribution in [0, 0.1) is 5.82 Å². The van der Waals surface area contributed by atoms with E-state index in [0.717, 1.165) is 4.47 Å². The second kappa shape index (κ2) is 3.65. The van der Waals surface area contributed by atoms with E-state index in [2.05, 4.69) is 20.9 Å². The van der Waals surface area contributed by atoms with E-state index in [9.17, 15) is 4.39 Å². The van der Waals surface area contributed by atoms with E-state index in [1.807, 2.05) is 0 Å². The van der Waals surface area contributed by atoms with Gasteiger partial charge in [0.2, 0.25) is 0 Å². The minimum Gasteiger partial charge on any atom is -0.253 e. The van der Waals surface area contributed by atoms with Crippen LogP contribution in [0.15, 0.2) is 22.8 Å². The van der Waals surface area contributed by atoms with Gasteiger partial charge in [-0.15, -0.1) is 0 Å². The molecule has 1 nitrogen and oxygen atoms in total. The van der Waals surface area contributed by atoms with Crippen molar-refractivity contribution in [1.29, 1.82) is 0 Å². The summed E-state index contributed by atoms with van der Waals surface area (Å²) >= 11 is 14.7. The Morgan fingerprint density at radius 2 is 2.07 bits per heavy atom. The molecule has 0 amide bonds. The molecule has 1 heterocycles. The Morgan fingerprint density at radius 3 is 2.79 bits per heavy atom. The number of nitrogens with zero attached hydrogens (tertiary/aromatic N) is 1. The molecule has 0 bridgehead atoms. The number of aromatic nitrogens is 1. The number of hydrogen-bond acceptors (Lipinski definition) is 1. The van der Waals surface area contributed by atoms with Crippen molar-refractivity contribution in [2.24, 2.45) is 0 Å². The Morgan fingerprint density at radius 1 is 1.36 bits per heavy atom. The molecule has 0 spiro atoms. The van der Waals surface area contributed by atoms with E-state index in [-0.39, 0.29) is 15.6 Å². The van der Waals surface area contributed by atoms with E-state index in [1.54, 1.807) is 12.1 Å². The Bertz CT molecular complexity index is 516. The third-order valence-electron chi connectivity index (χ3n) is 1.82. The molecule has 0 saturated heterocycles. The molecule has 1 aromatic carbocycles. The Balaban J connectivity index is 2.98. The molecule has 0 unspecified atom stereocenters. The highest BCUT2D eigenvalue weighted by Gasteiger charge is 2.12. The van der Waals surface area contributed by atoms with E-state index < -0.39 is 5.82 Å². The zero-order chi connectivity index (χ0) is 10.3. The van der Waals surface area contributed by atoms with Crippen LogP contribution in [-0.2, 0) is 0 Å². The highest BCUT2D eigenvalue weighted by Crippen LogP contribution is 2.33. The predicted molar refractivity (Wildman–Crippen MR) is 59.4 cm³/mol. The van der Waals surface area contributed by atoms with Crippen molar-refractivity contribution in [3.8, 4) is 0 Å². The zero-order valence-electron chi connectivity index (χ0n) is 6.69. The van der Waals surface area contributed by atoms with E-state index >= 15 is 0 Å². The summed E-state index contributed by atoms with van der Waals surface area (Å²) in [6.45, 7) is 0. The molecule has 0 aliphatic rings. The van der Waals surface area contributed by atoms with Gasteiger partial charge in [-0.25, -0.2) is 4.39 Å². The smallest absolute Gasteiger partial charge is 0.169 e. The van der Waals surface area contributed by atoms with Gasteiger partial charge in [0, 0.05) is 16.1 Å². The number of hydrogen-bond donors (Lipinski definition) is 0. The van der Waals surface area contributed by atoms with Crippen LogP contribution in [0.3, 0.4) is 0 Å². The predicted octanol–water partition coefficient (Wildman–Crippen LogP) is 4.44. The SMILES string of the molecule is Fc1c(Cl)c(Cl)cc2c(Br)ccnc12. The first-order valence-electron chi connectivity index (χ1n) is 3.69. The van der Waals surface area contributed by atoms with Gasteiger partial charge in [-0.1, -0.05) is 39.1 Å². The number of pyridine rings is 1. The lowest BCUT2D eigenvalue weighted by Crippen LogP contribution is -1.87. The third-order valence-corrected chi connectivity index (χ3v) is 3.27. The minimum absolute atomic E-state index is 0.0928. The molecule has 0 aliphatic heterocycles. The fourth-order valence-corrected chi connectivity index (χ4v) is 1.92. The molecule has 14 heavy (non-hydrogen) atoms. The second-order valence-corrected chi connectivity index (χ2v) is 4.31. The van der Waals surface area contributed by atoms with Crippen molar-refractivity contribution in [2.45, 2.75) is 0 Å². The molecule has 1 aromatic heterocycles. The molecule has 5 heteroatoms. The van der Waals surface area contributed by atoms with Crippen LogP contribution in [-0.4, -0.2) is 4.98 Å². The topological polar surface area (TPSA) is 12.9 Å². The van der Waals surface area contributed by atoms with Crippen molar-refractivity contribution < 1.29 is 4.39 Å². The lowest BCUT2D eigenvalue weighted by Gasteiger charge is -2.04. The van der Waals surface area contributed by atoms with Gasteiger partial charge in [0.05, 0.1) is 10.0 Å². The third kappa shape index (κ3) is 1.49. The van der Waals surface area contributed by atoms with E-state index in [0.29, 0.717) is 5.39 Å². The Labute approximate surface area is 98.0 Å². The average Bonchev–Trinajstić information content (AvgIpc) is 2.17. The largest absolute Gasteiger partial charge is 0.253 e. The monoisotopic (exact) mass is 293 g/mol. The molecule has 0 fully saturated rings. The van der Waals surface area contributed by atoms with E-state index in [1.165, 1.54) is 6.20 Å². The van der Waals surface area contributed by atoms with Gasteiger partial charge in [0.1, 0.15) is 5.52 Å². The lowest BCUT2D eigenvalue weighted by molar-refractivity contribution is 0.637. The maximum absolute atomic E-state index is 13.5. The molecule has 0 N–H and O–H groups in total. The van der Waals surface area contributed by atoms with Crippen molar-refractivity contribution in [1.82, 2.24) is 4.98 Å². The van der Waals surface area contributed by atoms with Crippen LogP contribution in [0.4, 0.5) is 4.39 Å². The number of halogens is 4. The minimum atomic E-state index is -0.588. The van der Waals surface area contributed by atoms with Gasteiger partial charge in [-0.2, -0.15) is 0 Å². The van der Waals surface area contributed by atoms with Crippen molar-refractivity contribution in [3.63, 3.8) is 0 Å². The molecular weight excluding hydrogens is 292 g/mol.